The minimum absolute atomic E-state index is 0.136. The zero-order chi connectivity index (χ0) is 21.2. The van der Waals surface area contributed by atoms with Crippen molar-refractivity contribution in [3.8, 4) is 23.0 Å². The summed E-state index contributed by atoms with van der Waals surface area (Å²) in [5, 5.41) is 4.19. The molecule has 0 fully saturated rings. The average molecular weight is 420 g/mol. The van der Waals surface area contributed by atoms with Crippen molar-refractivity contribution in [1.82, 2.24) is 15.0 Å². The minimum Gasteiger partial charge on any atom is -0.341 e. The number of H-pyrrole nitrogens is 2. The molecule has 0 spiro atoms. The first kappa shape index (κ1) is 18.9. The molecule has 4 nitrogen and oxygen atoms in total. The highest BCUT2D eigenvalue weighted by Gasteiger charge is 2.06. The third-order valence-electron chi connectivity index (χ3n) is 4.95. The van der Waals surface area contributed by atoms with Crippen molar-refractivity contribution < 1.29 is 0 Å². The van der Waals surface area contributed by atoms with Gasteiger partial charge < -0.3 is 9.97 Å². The third-order valence-corrected chi connectivity index (χ3v) is 5.83. The fourth-order valence-electron chi connectivity index (χ4n) is 3.44. The van der Waals surface area contributed by atoms with Crippen molar-refractivity contribution in [2.75, 3.05) is 0 Å². The van der Waals surface area contributed by atoms with Gasteiger partial charge in [-0.25, -0.2) is 0 Å². The Morgan fingerprint density at radius 3 is 2.55 bits per heavy atom. The predicted molar refractivity (Wildman–Crippen MR) is 125 cm³/mol. The number of rotatable bonds is 2. The van der Waals surface area contributed by atoms with E-state index in [1.807, 2.05) is 66.1 Å². The van der Waals surface area contributed by atoms with Crippen LogP contribution in [0.3, 0.4) is 0 Å². The number of hydrogen-bond donors (Lipinski definition) is 2. The zero-order valence-electron chi connectivity index (χ0n) is 16.5. The van der Waals surface area contributed by atoms with E-state index >= 15 is 0 Å². The SMILES string of the molecule is C=c1[nH]c2[nH]c(=O)c(=Cc3cc(C#Cc4ccccc4)cs3)c=2cc1-c1ccncc1. The summed E-state index contributed by atoms with van der Waals surface area (Å²) in [6, 6.07) is 17.7. The van der Waals surface area contributed by atoms with Crippen LogP contribution in [0.25, 0.3) is 23.8 Å². The first-order valence-electron chi connectivity index (χ1n) is 9.69. The zero-order valence-corrected chi connectivity index (χ0v) is 17.3. The van der Waals surface area contributed by atoms with E-state index < -0.39 is 0 Å². The summed E-state index contributed by atoms with van der Waals surface area (Å²) in [7, 11) is 0. The molecule has 0 saturated heterocycles. The van der Waals surface area contributed by atoms with Gasteiger partial charge in [-0.2, -0.15) is 0 Å². The molecule has 148 valence electrons. The predicted octanol–water partition coefficient (Wildman–Crippen LogP) is 3.19. The highest BCUT2D eigenvalue weighted by Crippen LogP contribution is 2.15. The lowest BCUT2D eigenvalue weighted by Crippen LogP contribution is -2.22. The molecule has 2 aliphatic rings. The van der Waals surface area contributed by atoms with Gasteiger partial charge in [0, 0.05) is 49.9 Å². The summed E-state index contributed by atoms with van der Waals surface area (Å²) in [5.41, 5.74) is 4.36. The van der Waals surface area contributed by atoms with Crippen LogP contribution in [0.5, 0.6) is 0 Å². The van der Waals surface area contributed by atoms with E-state index in [0.717, 1.165) is 37.7 Å². The molecule has 0 unspecified atom stereocenters. The molecule has 2 aliphatic heterocycles. The van der Waals surface area contributed by atoms with Crippen molar-refractivity contribution in [2.24, 2.45) is 0 Å². The topological polar surface area (TPSA) is 61.5 Å². The Morgan fingerprint density at radius 2 is 1.74 bits per heavy atom. The molecule has 5 rings (SSSR count). The van der Waals surface area contributed by atoms with Crippen LogP contribution in [0, 0.1) is 22.5 Å². The quantitative estimate of drug-likeness (QED) is 0.432. The summed E-state index contributed by atoms with van der Waals surface area (Å²) < 4.78 is 0. The molecule has 2 N–H and O–H groups in total. The fraction of sp³-hybridized carbons (Fsp3) is 0. The largest absolute Gasteiger partial charge is 0.341 e. The van der Waals surface area contributed by atoms with Crippen LogP contribution in [0.2, 0.25) is 0 Å². The van der Waals surface area contributed by atoms with Crippen LogP contribution >= 0.6 is 11.3 Å². The van der Waals surface area contributed by atoms with Gasteiger partial charge in [0.1, 0.15) is 5.48 Å². The number of thiophene rings is 1. The molecule has 0 saturated carbocycles. The van der Waals surface area contributed by atoms with Crippen LogP contribution in [0.4, 0.5) is 0 Å². The minimum atomic E-state index is -0.136. The van der Waals surface area contributed by atoms with Gasteiger partial charge in [0.05, 0.1) is 5.22 Å². The molecule has 2 aromatic heterocycles. The Bertz CT molecular complexity index is 1670. The molecule has 0 radical (unpaired) electrons. The molecule has 31 heavy (non-hydrogen) atoms. The fourth-order valence-corrected chi connectivity index (χ4v) is 4.21. The summed E-state index contributed by atoms with van der Waals surface area (Å²) in [4.78, 5) is 23.8. The lowest BCUT2D eigenvalue weighted by Gasteiger charge is -2.01. The van der Waals surface area contributed by atoms with E-state index in [2.05, 4.69) is 33.4 Å². The first-order valence-corrected chi connectivity index (χ1v) is 10.6. The Labute approximate surface area is 181 Å². The lowest BCUT2D eigenvalue weighted by atomic mass is 10.1. The van der Waals surface area contributed by atoms with Gasteiger partial charge in [0.2, 0.25) is 0 Å². The van der Waals surface area contributed by atoms with Gasteiger partial charge in [0.25, 0.3) is 5.56 Å². The molecule has 0 amide bonds. The van der Waals surface area contributed by atoms with E-state index in [4.69, 9.17) is 0 Å². The summed E-state index contributed by atoms with van der Waals surface area (Å²) in [5.74, 6) is 6.35. The maximum Gasteiger partial charge on any atom is 0.257 e. The van der Waals surface area contributed by atoms with Crippen LogP contribution in [-0.4, -0.2) is 15.0 Å². The van der Waals surface area contributed by atoms with Gasteiger partial charge in [-0.3, -0.25) is 9.78 Å². The average Bonchev–Trinajstić information content (AvgIpc) is 3.37. The van der Waals surface area contributed by atoms with Crippen LogP contribution < -0.4 is 16.1 Å². The Morgan fingerprint density at radius 1 is 0.968 bits per heavy atom. The van der Waals surface area contributed by atoms with Gasteiger partial charge in [-0.1, -0.05) is 36.6 Å². The molecular weight excluding hydrogens is 402 g/mol. The number of benzene rings is 1. The second-order valence-corrected chi connectivity index (χ2v) is 7.99. The number of pyridine rings is 1. The van der Waals surface area contributed by atoms with E-state index in [0.29, 0.717) is 10.7 Å². The van der Waals surface area contributed by atoms with Crippen LogP contribution in [-0.2, 0) is 0 Å². The Kier molecular flexibility index (Phi) is 4.83. The highest BCUT2D eigenvalue weighted by molar-refractivity contribution is 7.11. The van der Waals surface area contributed by atoms with E-state index in [9.17, 15) is 4.79 Å². The van der Waals surface area contributed by atoms with E-state index in [1.54, 1.807) is 23.7 Å². The first-order chi connectivity index (χ1) is 15.2. The molecular formula is C26H17N3OS. The van der Waals surface area contributed by atoms with Crippen molar-refractivity contribution in [1.29, 1.82) is 0 Å². The lowest BCUT2D eigenvalue weighted by molar-refractivity contribution is 1.08. The monoisotopic (exact) mass is 419 g/mol. The number of nitrogens with zero attached hydrogens (tertiary/aromatic N) is 1. The molecule has 0 aliphatic carbocycles. The number of aromatic nitrogens is 3. The van der Waals surface area contributed by atoms with Gasteiger partial charge >= 0.3 is 0 Å². The molecule has 0 atom stereocenters. The number of nitrogens with one attached hydrogen (secondary N) is 2. The summed E-state index contributed by atoms with van der Waals surface area (Å²) in [6.07, 6.45) is 5.39. The Balaban J connectivity index is 1.60. The molecule has 4 heterocycles. The van der Waals surface area contributed by atoms with Crippen molar-refractivity contribution in [3.05, 3.63) is 120 Å². The van der Waals surface area contributed by atoms with Crippen molar-refractivity contribution in [3.63, 3.8) is 0 Å². The van der Waals surface area contributed by atoms with Crippen molar-refractivity contribution in [2.45, 2.75) is 0 Å². The highest BCUT2D eigenvalue weighted by atomic mass is 32.1. The van der Waals surface area contributed by atoms with Crippen molar-refractivity contribution >= 4 is 24.0 Å². The third kappa shape index (κ3) is 3.85. The summed E-state index contributed by atoms with van der Waals surface area (Å²) in [6.45, 7) is 4.10. The van der Waals surface area contributed by atoms with Crippen LogP contribution in [0.15, 0.2) is 77.2 Å². The maximum absolute atomic E-state index is 12.7. The van der Waals surface area contributed by atoms with Gasteiger partial charge in [0.15, 0.2) is 0 Å². The molecule has 0 bridgehead atoms. The summed E-state index contributed by atoms with van der Waals surface area (Å²) >= 11 is 1.56. The molecule has 1 aromatic carbocycles. The second-order valence-electron chi connectivity index (χ2n) is 7.05. The van der Waals surface area contributed by atoms with E-state index in [1.165, 1.54) is 0 Å². The number of aromatic amines is 2. The maximum atomic E-state index is 12.7. The van der Waals surface area contributed by atoms with Crippen LogP contribution in [0.1, 0.15) is 16.0 Å². The van der Waals surface area contributed by atoms with Gasteiger partial charge in [-0.15, -0.1) is 11.3 Å². The Hall–Kier alpha value is -4.14. The smallest absolute Gasteiger partial charge is 0.257 e. The second kappa shape index (κ2) is 7.94. The number of hydrogen-bond acceptors (Lipinski definition) is 3. The van der Waals surface area contributed by atoms with Gasteiger partial charge in [-0.05, 0) is 48.0 Å². The normalized spacial score (nSPS) is 11.4. The standard InChI is InChI=1S/C26H17N3OS/c1-17-22(20-9-11-27-12-10-20)15-23-24(26(30)29-25(23)28-17)14-21-13-19(16-31-21)8-7-18-5-3-2-4-6-18/h2-6,9-16,28H,1H2,(H,29,30). The van der Waals surface area contributed by atoms with E-state index in [-0.39, 0.29) is 5.56 Å². The molecule has 5 heteroatoms. The molecule has 3 aromatic rings.